The molecular weight excluding hydrogens is 419 g/mol. The van der Waals surface area contributed by atoms with Crippen LogP contribution in [0.1, 0.15) is 50.6 Å². The van der Waals surface area contributed by atoms with E-state index in [-0.39, 0.29) is 23.5 Å². The van der Waals surface area contributed by atoms with Crippen molar-refractivity contribution in [3.8, 4) is 5.75 Å². The molecule has 1 aliphatic carbocycles. The number of hydrogen-bond donors (Lipinski definition) is 1. The fraction of sp³-hybridized carbons (Fsp3) is 0.435. The number of nitrogens with zero attached hydrogens (tertiary/aromatic N) is 1. The Morgan fingerprint density at radius 2 is 1.77 bits per heavy atom. The van der Waals surface area contributed by atoms with Crippen molar-refractivity contribution in [2.45, 2.75) is 56.0 Å². The van der Waals surface area contributed by atoms with E-state index in [9.17, 15) is 17.6 Å². The zero-order valence-corrected chi connectivity index (χ0v) is 18.7. The molecule has 1 atom stereocenters. The number of carbonyl (C=O) groups is 1. The molecule has 1 saturated carbocycles. The molecule has 0 heterocycles. The maximum absolute atomic E-state index is 13.3. The lowest BCUT2D eigenvalue weighted by atomic mass is 9.95. The van der Waals surface area contributed by atoms with Gasteiger partial charge in [-0.25, -0.2) is 12.8 Å². The van der Waals surface area contributed by atoms with Crippen LogP contribution in [0.5, 0.6) is 5.75 Å². The van der Waals surface area contributed by atoms with Crippen molar-refractivity contribution in [1.82, 2.24) is 9.62 Å². The van der Waals surface area contributed by atoms with Gasteiger partial charge < -0.3 is 10.1 Å². The van der Waals surface area contributed by atoms with E-state index in [1.807, 2.05) is 31.2 Å². The van der Waals surface area contributed by atoms with Gasteiger partial charge in [0.1, 0.15) is 11.6 Å². The molecule has 0 saturated heterocycles. The molecule has 2 aromatic carbocycles. The SMILES string of the molecule is COc1ccccc1[C@H](C)NC(=O)CN(C1CCCCC1)S(=O)(=O)c1ccc(F)cc1. The largest absolute Gasteiger partial charge is 0.496 e. The minimum Gasteiger partial charge on any atom is -0.496 e. The van der Waals surface area contributed by atoms with Crippen LogP contribution in [0.3, 0.4) is 0 Å². The molecule has 1 aliphatic rings. The Labute approximate surface area is 183 Å². The first-order valence-electron chi connectivity index (χ1n) is 10.5. The summed E-state index contributed by atoms with van der Waals surface area (Å²) in [5.41, 5.74) is 0.809. The highest BCUT2D eigenvalue weighted by atomic mass is 32.2. The van der Waals surface area contributed by atoms with E-state index in [0.29, 0.717) is 18.6 Å². The Balaban J connectivity index is 1.81. The number of ether oxygens (including phenoxy) is 1. The second-order valence-electron chi connectivity index (χ2n) is 7.83. The Hall–Kier alpha value is -2.45. The summed E-state index contributed by atoms with van der Waals surface area (Å²) < 4.78 is 46.6. The van der Waals surface area contributed by atoms with Gasteiger partial charge in [-0.15, -0.1) is 0 Å². The lowest BCUT2D eigenvalue weighted by molar-refractivity contribution is -0.122. The highest BCUT2D eigenvalue weighted by Crippen LogP contribution is 2.28. The summed E-state index contributed by atoms with van der Waals surface area (Å²) in [5, 5.41) is 2.89. The van der Waals surface area contributed by atoms with E-state index in [4.69, 9.17) is 4.74 Å². The van der Waals surface area contributed by atoms with Crippen molar-refractivity contribution in [3.05, 3.63) is 59.9 Å². The Bertz CT molecular complexity index is 989. The molecule has 1 fully saturated rings. The van der Waals surface area contributed by atoms with Crippen LogP contribution in [0.15, 0.2) is 53.4 Å². The first-order chi connectivity index (χ1) is 14.8. The van der Waals surface area contributed by atoms with Crippen LogP contribution in [0, 0.1) is 5.82 Å². The number of sulfonamides is 1. The van der Waals surface area contributed by atoms with Gasteiger partial charge in [-0.2, -0.15) is 4.31 Å². The summed E-state index contributed by atoms with van der Waals surface area (Å²) >= 11 is 0. The summed E-state index contributed by atoms with van der Waals surface area (Å²) in [5.74, 6) is -0.250. The van der Waals surface area contributed by atoms with Crippen molar-refractivity contribution in [2.75, 3.05) is 13.7 Å². The number of methoxy groups -OCH3 is 1. The molecule has 6 nitrogen and oxygen atoms in total. The van der Waals surface area contributed by atoms with Gasteiger partial charge in [0.05, 0.1) is 24.6 Å². The second-order valence-corrected chi connectivity index (χ2v) is 9.72. The molecule has 0 unspecified atom stereocenters. The highest BCUT2D eigenvalue weighted by Gasteiger charge is 2.34. The summed E-state index contributed by atoms with van der Waals surface area (Å²) in [6.07, 6.45) is 4.29. The first kappa shape index (κ1) is 23.2. The maximum atomic E-state index is 13.3. The average molecular weight is 449 g/mol. The number of hydrogen-bond acceptors (Lipinski definition) is 4. The molecule has 8 heteroatoms. The molecule has 0 aliphatic heterocycles. The number of benzene rings is 2. The molecule has 0 spiro atoms. The number of para-hydroxylation sites is 1. The average Bonchev–Trinajstić information content (AvgIpc) is 2.78. The van der Waals surface area contributed by atoms with Gasteiger partial charge in [0.2, 0.25) is 15.9 Å². The Morgan fingerprint density at radius 1 is 1.13 bits per heavy atom. The molecule has 1 N–H and O–H groups in total. The van der Waals surface area contributed by atoms with E-state index in [0.717, 1.165) is 37.0 Å². The van der Waals surface area contributed by atoms with E-state index in [1.165, 1.54) is 16.4 Å². The Morgan fingerprint density at radius 3 is 2.42 bits per heavy atom. The lowest BCUT2D eigenvalue weighted by Gasteiger charge is -2.33. The fourth-order valence-corrected chi connectivity index (χ4v) is 5.69. The minimum absolute atomic E-state index is 0.00921. The van der Waals surface area contributed by atoms with Crippen LogP contribution in [0.2, 0.25) is 0 Å². The van der Waals surface area contributed by atoms with Gasteiger partial charge in [-0.1, -0.05) is 37.5 Å². The highest BCUT2D eigenvalue weighted by molar-refractivity contribution is 7.89. The molecule has 0 bridgehead atoms. The molecule has 168 valence electrons. The number of carbonyl (C=O) groups excluding carboxylic acids is 1. The van der Waals surface area contributed by atoms with E-state index >= 15 is 0 Å². The molecule has 0 aromatic heterocycles. The van der Waals surface area contributed by atoms with Gasteiger partial charge in [-0.3, -0.25) is 4.79 Å². The van der Waals surface area contributed by atoms with Crippen molar-refractivity contribution in [2.24, 2.45) is 0 Å². The number of amides is 1. The summed E-state index contributed by atoms with van der Waals surface area (Å²) in [7, 11) is -2.38. The number of rotatable bonds is 8. The second kappa shape index (κ2) is 10.2. The first-order valence-corrected chi connectivity index (χ1v) is 12.0. The third kappa shape index (κ3) is 5.62. The monoisotopic (exact) mass is 448 g/mol. The van der Waals surface area contributed by atoms with Gasteiger partial charge in [-0.05, 0) is 50.1 Å². The third-order valence-electron chi connectivity index (χ3n) is 5.68. The summed E-state index contributed by atoms with van der Waals surface area (Å²) in [6.45, 7) is 1.54. The minimum atomic E-state index is -3.94. The quantitative estimate of drug-likeness (QED) is 0.661. The zero-order valence-electron chi connectivity index (χ0n) is 17.9. The number of halogens is 1. The van der Waals surface area contributed by atoms with E-state index in [1.54, 1.807) is 7.11 Å². The van der Waals surface area contributed by atoms with Gasteiger partial charge in [0.25, 0.3) is 0 Å². The van der Waals surface area contributed by atoms with Crippen LogP contribution >= 0.6 is 0 Å². The summed E-state index contributed by atoms with van der Waals surface area (Å²) in [4.78, 5) is 12.9. The lowest BCUT2D eigenvalue weighted by Crippen LogP contribution is -2.47. The topological polar surface area (TPSA) is 75.7 Å². The van der Waals surface area contributed by atoms with Crippen LogP contribution in [-0.2, 0) is 14.8 Å². The maximum Gasteiger partial charge on any atom is 0.243 e. The van der Waals surface area contributed by atoms with E-state index < -0.39 is 21.7 Å². The predicted octanol–water partition coefficient (Wildman–Crippen LogP) is 4.04. The molecular formula is C23H29FN2O4S. The zero-order chi connectivity index (χ0) is 22.4. The molecule has 3 rings (SSSR count). The van der Waals surface area contributed by atoms with Crippen molar-refractivity contribution in [3.63, 3.8) is 0 Å². The summed E-state index contributed by atoms with van der Waals surface area (Å²) in [6, 6.07) is 11.5. The normalized spacial score (nSPS) is 16.1. The fourth-order valence-electron chi connectivity index (χ4n) is 4.05. The third-order valence-corrected chi connectivity index (χ3v) is 7.60. The number of nitrogens with one attached hydrogen (secondary N) is 1. The van der Waals surface area contributed by atoms with Crippen molar-refractivity contribution >= 4 is 15.9 Å². The van der Waals surface area contributed by atoms with Gasteiger partial charge >= 0.3 is 0 Å². The Kier molecular flexibility index (Phi) is 7.67. The van der Waals surface area contributed by atoms with E-state index in [2.05, 4.69) is 5.32 Å². The molecule has 31 heavy (non-hydrogen) atoms. The van der Waals surface area contributed by atoms with Crippen LogP contribution < -0.4 is 10.1 Å². The van der Waals surface area contributed by atoms with Crippen LogP contribution in [-0.4, -0.2) is 38.3 Å². The molecule has 2 aromatic rings. The van der Waals surface area contributed by atoms with Crippen molar-refractivity contribution in [1.29, 1.82) is 0 Å². The van der Waals surface area contributed by atoms with Gasteiger partial charge in [0.15, 0.2) is 0 Å². The molecule has 0 radical (unpaired) electrons. The van der Waals surface area contributed by atoms with Crippen LogP contribution in [0.4, 0.5) is 4.39 Å². The van der Waals surface area contributed by atoms with Crippen molar-refractivity contribution < 1.29 is 22.3 Å². The smallest absolute Gasteiger partial charge is 0.243 e. The predicted molar refractivity (Wildman–Crippen MR) is 117 cm³/mol. The molecule has 1 amide bonds. The van der Waals surface area contributed by atoms with Gasteiger partial charge in [0, 0.05) is 11.6 Å². The van der Waals surface area contributed by atoms with Crippen LogP contribution in [0.25, 0.3) is 0 Å². The standard InChI is InChI=1S/C23H29FN2O4S/c1-17(21-10-6-7-11-22(21)30-2)25-23(27)16-26(19-8-4-3-5-9-19)31(28,29)20-14-12-18(24)13-15-20/h6-7,10-15,17,19H,3-5,8-9,16H2,1-2H3,(H,25,27)/t17-/m0/s1.